The van der Waals surface area contributed by atoms with Gasteiger partial charge < -0.3 is 4.74 Å². The first-order valence-corrected chi connectivity index (χ1v) is 10.8. The molecule has 0 radical (unpaired) electrons. The van der Waals surface area contributed by atoms with Crippen molar-refractivity contribution in [1.29, 1.82) is 0 Å². The number of aromatic nitrogens is 4. The maximum Gasteiger partial charge on any atom is 0.209 e. The molecular weight excluding hydrogens is 392 g/mol. The van der Waals surface area contributed by atoms with Crippen LogP contribution in [0.25, 0.3) is 15.9 Å². The molecule has 0 aliphatic carbocycles. The molecule has 4 heterocycles. The molecule has 0 fully saturated rings. The molecule has 0 spiro atoms. The Morgan fingerprint density at radius 1 is 1.32 bits per heavy atom. The minimum atomic E-state index is -0.201. The van der Waals surface area contributed by atoms with Crippen LogP contribution in [-0.4, -0.2) is 36.7 Å². The van der Waals surface area contributed by atoms with Crippen LogP contribution in [0.5, 0.6) is 0 Å². The minimum absolute atomic E-state index is 0.0690. The highest BCUT2D eigenvalue weighted by atomic mass is 32.2. The van der Waals surface area contributed by atoms with Crippen LogP contribution in [-0.2, 0) is 17.8 Å². The van der Waals surface area contributed by atoms with Crippen LogP contribution < -0.4 is 0 Å². The lowest BCUT2D eigenvalue weighted by atomic mass is 9.94. The Bertz CT molecular complexity index is 1200. The van der Waals surface area contributed by atoms with Gasteiger partial charge >= 0.3 is 0 Å². The molecule has 0 bridgehead atoms. The van der Waals surface area contributed by atoms with Crippen LogP contribution in [0.2, 0.25) is 0 Å². The third kappa shape index (κ3) is 3.11. The van der Waals surface area contributed by atoms with E-state index in [9.17, 15) is 4.79 Å². The highest BCUT2D eigenvalue weighted by Gasteiger charge is 2.30. The number of nitrogens with zero attached hydrogens (tertiary/aromatic N) is 4. The van der Waals surface area contributed by atoms with E-state index in [1.807, 2.05) is 30.3 Å². The number of thiophene rings is 1. The predicted octanol–water partition coefficient (Wildman–Crippen LogP) is 4.17. The van der Waals surface area contributed by atoms with Crippen molar-refractivity contribution in [2.45, 2.75) is 37.6 Å². The number of rotatable bonds is 4. The molecule has 4 aromatic rings. The highest BCUT2D eigenvalue weighted by Crippen LogP contribution is 2.39. The number of thioether (sulfide) groups is 1. The number of carbonyl (C=O) groups is 1. The SMILES string of the molecule is CC1(C)Cc2c(sc3ncn4nc(SCC(=O)c5ccccc5)nc4c23)CO1. The third-order valence-electron chi connectivity index (χ3n) is 4.82. The van der Waals surface area contributed by atoms with Crippen molar-refractivity contribution in [2.24, 2.45) is 0 Å². The number of ether oxygens (including phenoxy) is 1. The van der Waals surface area contributed by atoms with Gasteiger partial charge in [0.2, 0.25) is 5.16 Å². The van der Waals surface area contributed by atoms with Crippen molar-refractivity contribution >= 4 is 44.7 Å². The second-order valence-electron chi connectivity index (χ2n) is 7.39. The number of hydrogen-bond acceptors (Lipinski definition) is 7. The molecule has 1 aliphatic rings. The standard InChI is InChI=1S/C20H18N4O2S2/c1-20(2)8-13-15(9-26-20)28-18-16(13)17-22-19(23-24(17)11-21-18)27-10-14(25)12-6-4-3-5-7-12/h3-7,11H,8-10H2,1-2H3. The summed E-state index contributed by atoms with van der Waals surface area (Å²) in [5.41, 5.74) is 2.57. The van der Waals surface area contributed by atoms with E-state index in [1.165, 1.54) is 22.2 Å². The average molecular weight is 411 g/mol. The highest BCUT2D eigenvalue weighted by molar-refractivity contribution is 7.99. The summed E-state index contributed by atoms with van der Waals surface area (Å²) in [7, 11) is 0. The van der Waals surface area contributed by atoms with Crippen molar-refractivity contribution < 1.29 is 9.53 Å². The Morgan fingerprint density at radius 3 is 2.96 bits per heavy atom. The molecule has 1 aromatic carbocycles. The maximum absolute atomic E-state index is 12.4. The Hall–Kier alpha value is -2.29. The van der Waals surface area contributed by atoms with Gasteiger partial charge in [-0.3, -0.25) is 4.79 Å². The Labute approximate surface area is 170 Å². The number of carbonyl (C=O) groups excluding carboxylic acids is 1. The smallest absolute Gasteiger partial charge is 0.209 e. The third-order valence-corrected chi connectivity index (χ3v) is 6.77. The van der Waals surface area contributed by atoms with E-state index in [-0.39, 0.29) is 11.4 Å². The first kappa shape index (κ1) is 17.8. The molecule has 0 atom stereocenters. The van der Waals surface area contributed by atoms with Crippen molar-refractivity contribution in [3.05, 3.63) is 52.7 Å². The van der Waals surface area contributed by atoms with Crippen LogP contribution in [0.1, 0.15) is 34.6 Å². The molecule has 8 heteroatoms. The number of Topliss-reactive ketones (excluding diaryl/α,β-unsaturated/α-hetero) is 1. The molecule has 1 aliphatic heterocycles. The summed E-state index contributed by atoms with van der Waals surface area (Å²) < 4.78 is 7.66. The van der Waals surface area contributed by atoms with E-state index >= 15 is 0 Å². The zero-order valence-corrected chi connectivity index (χ0v) is 17.1. The van der Waals surface area contributed by atoms with Gasteiger partial charge in [0.15, 0.2) is 11.4 Å². The largest absolute Gasteiger partial charge is 0.370 e. The molecule has 5 rings (SSSR count). The van der Waals surface area contributed by atoms with Gasteiger partial charge in [-0.25, -0.2) is 14.5 Å². The van der Waals surface area contributed by atoms with Gasteiger partial charge in [0.1, 0.15) is 11.2 Å². The van der Waals surface area contributed by atoms with Crippen LogP contribution in [0.15, 0.2) is 41.8 Å². The zero-order valence-electron chi connectivity index (χ0n) is 15.5. The molecule has 0 unspecified atom stereocenters. The zero-order chi connectivity index (χ0) is 19.3. The summed E-state index contributed by atoms with van der Waals surface area (Å²) in [5, 5.41) is 6.17. The minimum Gasteiger partial charge on any atom is -0.370 e. The van der Waals surface area contributed by atoms with Crippen molar-refractivity contribution in [3.63, 3.8) is 0 Å². The molecule has 0 saturated heterocycles. The molecular formula is C20H18N4O2S2. The number of hydrogen-bond donors (Lipinski definition) is 0. The Balaban J connectivity index is 1.48. The lowest BCUT2D eigenvalue weighted by molar-refractivity contribution is -0.0379. The second-order valence-corrected chi connectivity index (χ2v) is 9.42. The fourth-order valence-corrected chi connectivity index (χ4v) is 5.21. The van der Waals surface area contributed by atoms with Crippen molar-refractivity contribution in [3.8, 4) is 0 Å². The van der Waals surface area contributed by atoms with Crippen LogP contribution >= 0.6 is 23.1 Å². The van der Waals surface area contributed by atoms with E-state index < -0.39 is 0 Å². The fourth-order valence-electron chi connectivity index (χ4n) is 3.42. The molecule has 0 saturated carbocycles. The molecule has 0 amide bonds. The van der Waals surface area contributed by atoms with E-state index in [1.54, 1.807) is 22.2 Å². The normalized spacial score (nSPS) is 15.8. The van der Waals surface area contributed by atoms with Crippen molar-refractivity contribution in [1.82, 2.24) is 19.6 Å². The van der Waals surface area contributed by atoms with Gasteiger partial charge in [-0.15, -0.1) is 16.4 Å². The van der Waals surface area contributed by atoms with Gasteiger partial charge in [-0.1, -0.05) is 42.1 Å². The summed E-state index contributed by atoms with van der Waals surface area (Å²) in [5.74, 6) is 0.375. The molecule has 0 N–H and O–H groups in total. The predicted molar refractivity (Wildman–Crippen MR) is 110 cm³/mol. The molecule has 28 heavy (non-hydrogen) atoms. The quantitative estimate of drug-likeness (QED) is 0.372. The summed E-state index contributed by atoms with van der Waals surface area (Å²) in [6.07, 6.45) is 2.52. The molecule has 6 nitrogen and oxygen atoms in total. The Kier molecular flexibility index (Phi) is 4.22. The maximum atomic E-state index is 12.4. The van der Waals surface area contributed by atoms with Crippen LogP contribution in [0.3, 0.4) is 0 Å². The summed E-state index contributed by atoms with van der Waals surface area (Å²) in [6, 6.07) is 9.30. The monoisotopic (exact) mass is 410 g/mol. The van der Waals surface area contributed by atoms with Gasteiger partial charge in [-0.05, 0) is 19.4 Å². The topological polar surface area (TPSA) is 69.4 Å². The average Bonchev–Trinajstić information content (AvgIpc) is 3.26. The summed E-state index contributed by atoms with van der Waals surface area (Å²) >= 11 is 3.02. The van der Waals surface area contributed by atoms with Gasteiger partial charge in [0.05, 0.1) is 23.3 Å². The lowest BCUT2D eigenvalue weighted by Crippen LogP contribution is -2.31. The van der Waals surface area contributed by atoms with E-state index in [4.69, 9.17) is 9.72 Å². The summed E-state index contributed by atoms with van der Waals surface area (Å²) in [6.45, 7) is 4.82. The lowest BCUT2D eigenvalue weighted by Gasteiger charge is -2.30. The van der Waals surface area contributed by atoms with Gasteiger partial charge in [-0.2, -0.15) is 0 Å². The second kappa shape index (κ2) is 6.65. The fraction of sp³-hybridized carbons (Fsp3) is 0.300. The number of benzene rings is 1. The van der Waals surface area contributed by atoms with Crippen molar-refractivity contribution in [2.75, 3.05) is 5.75 Å². The molecule has 142 valence electrons. The van der Waals surface area contributed by atoms with Gasteiger partial charge in [0.25, 0.3) is 0 Å². The number of fused-ring (bicyclic) bond motifs is 5. The Morgan fingerprint density at radius 2 is 2.14 bits per heavy atom. The van der Waals surface area contributed by atoms with E-state index in [0.717, 1.165) is 22.3 Å². The van der Waals surface area contributed by atoms with E-state index in [0.29, 0.717) is 23.1 Å². The van der Waals surface area contributed by atoms with Gasteiger partial charge in [0, 0.05) is 16.9 Å². The first-order valence-electron chi connectivity index (χ1n) is 9.01. The summed E-state index contributed by atoms with van der Waals surface area (Å²) in [4.78, 5) is 23.8. The van der Waals surface area contributed by atoms with Crippen LogP contribution in [0, 0.1) is 0 Å². The first-order chi connectivity index (χ1) is 13.5. The van der Waals surface area contributed by atoms with E-state index in [2.05, 4.69) is 23.9 Å². The van der Waals surface area contributed by atoms with Crippen LogP contribution in [0.4, 0.5) is 0 Å². The molecule has 3 aromatic heterocycles. The number of ketones is 1.